The lowest BCUT2D eigenvalue weighted by Gasteiger charge is -2.28. The van der Waals surface area contributed by atoms with Crippen molar-refractivity contribution in [3.63, 3.8) is 0 Å². The summed E-state index contributed by atoms with van der Waals surface area (Å²) < 4.78 is 13.8. The van der Waals surface area contributed by atoms with Crippen LogP contribution in [-0.2, 0) is 4.79 Å². The zero-order valence-corrected chi connectivity index (χ0v) is 11.8. The number of nitrogens with zero attached hydrogens (tertiary/aromatic N) is 1. The highest BCUT2D eigenvalue weighted by Crippen LogP contribution is 2.34. The zero-order chi connectivity index (χ0) is 13.5. The Labute approximate surface area is 113 Å². The molecule has 1 aliphatic rings. The molecule has 2 rings (SSSR count). The summed E-state index contributed by atoms with van der Waals surface area (Å²) in [5, 5.41) is 0.655. The van der Waals surface area contributed by atoms with Gasteiger partial charge in [-0.1, -0.05) is 35.8 Å². The molecule has 0 aromatic heterocycles. The van der Waals surface area contributed by atoms with Crippen LogP contribution in [0.15, 0.2) is 18.2 Å². The fourth-order valence-electron chi connectivity index (χ4n) is 1.93. The van der Waals surface area contributed by atoms with E-state index in [1.807, 2.05) is 13.8 Å². The first-order chi connectivity index (χ1) is 8.37. The van der Waals surface area contributed by atoms with Crippen LogP contribution in [0.3, 0.4) is 0 Å². The van der Waals surface area contributed by atoms with Crippen LogP contribution in [0.25, 0.3) is 0 Å². The Morgan fingerprint density at radius 1 is 1.33 bits per heavy atom. The second-order valence-electron chi connectivity index (χ2n) is 5.15. The number of halogens is 2. The van der Waals surface area contributed by atoms with Crippen LogP contribution < -0.4 is 4.90 Å². The lowest BCUT2D eigenvalue weighted by Crippen LogP contribution is -2.39. The molecule has 0 N–H and O–H groups in total. The molecule has 0 atom stereocenters. The van der Waals surface area contributed by atoms with Gasteiger partial charge in [0.2, 0.25) is 0 Å². The third-order valence-corrected chi connectivity index (χ3v) is 4.41. The van der Waals surface area contributed by atoms with Crippen LogP contribution in [0, 0.1) is 11.2 Å². The van der Waals surface area contributed by atoms with Crippen molar-refractivity contribution in [2.24, 2.45) is 5.41 Å². The van der Waals surface area contributed by atoms with Crippen LogP contribution in [0.4, 0.5) is 10.1 Å². The van der Waals surface area contributed by atoms with E-state index in [1.54, 1.807) is 0 Å². The summed E-state index contributed by atoms with van der Waals surface area (Å²) in [6.45, 7) is 4.19. The number of rotatable bonds is 3. The number of fused-ring (bicyclic) bond motifs is 1. The van der Waals surface area contributed by atoms with Crippen LogP contribution in [0.1, 0.15) is 24.2 Å². The molecule has 3 nitrogen and oxygen atoms in total. The summed E-state index contributed by atoms with van der Waals surface area (Å²) in [6, 6.07) is 4.19. The second kappa shape index (κ2) is 4.46. The highest BCUT2D eigenvalue weighted by atomic mass is 79.9. The van der Waals surface area contributed by atoms with Crippen molar-refractivity contribution in [1.29, 1.82) is 0 Å². The van der Waals surface area contributed by atoms with Gasteiger partial charge in [-0.05, 0) is 17.5 Å². The van der Waals surface area contributed by atoms with Crippen molar-refractivity contribution in [2.45, 2.75) is 13.8 Å². The smallest absolute Gasteiger partial charge is 0.299 e. The standard InChI is InChI=1S/C13H13BrFNO2/c1-13(2,6-14)7-16-10-8(11(17)12(16)18)4-3-5-9(10)15/h3-5H,6-7H2,1-2H3. The lowest BCUT2D eigenvalue weighted by molar-refractivity contribution is -0.114. The number of benzene rings is 1. The molecule has 1 aromatic carbocycles. The molecule has 0 aliphatic carbocycles. The van der Waals surface area contributed by atoms with Gasteiger partial charge in [-0.2, -0.15) is 0 Å². The average molecular weight is 314 g/mol. The molecule has 1 aromatic rings. The molecular formula is C13H13BrFNO2. The number of Topliss-reactive ketones (excluding diaryl/α,β-unsaturated/α-hetero) is 1. The molecule has 0 saturated carbocycles. The number of anilines is 1. The van der Waals surface area contributed by atoms with Gasteiger partial charge < -0.3 is 4.90 Å². The first kappa shape index (κ1) is 13.2. The molecular weight excluding hydrogens is 301 g/mol. The topological polar surface area (TPSA) is 37.4 Å². The predicted molar refractivity (Wildman–Crippen MR) is 70.7 cm³/mol. The van der Waals surface area contributed by atoms with Gasteiger partial charge in [-0.3, -0.25) is 9.59 Å². The largest absolute Gasteiger partial charge is 0.301 e. The van der Waals surface area contributed by atoms with E-state index in [0.29, 0.717) is 11.9 Å². The minimum Gasteiger partial charge on any atom is -0.301 e. The maximum absolute atomic E-state index is 13.8. The number of carbonyl (C=O) groups excluding carboxylic acids is 2. The van der Waals surface area contributed by atoms with Crippen molar-refractivity contribution in [3.05, 3.63) is 29.6 Å². The lowest BCUT2D eigenvalue weighted by atomic mass is 9.96. The van der Waals surface area contributed by atoms with Crippen molar-refractivity contribution < 1.29 is 14.0 Å². The van der Waals surface area contributed by atoms with Gasteiger partial charge in [-0.15, -0.1) is 0 Å². The van der Waals surface area contributed by atoms with E-state index in [4.69, 9.17) is 0 Å². The molecule has 1 amide bonds. The first-order valence-electron chi connectivity index (χ1n) is 5.58. The van der Waals surface area contributed by atoms with E-state index in [9.17, 15) is 14.0 Å². The van der Waals surface area contributed by atoms with Gasteiger partial charge in [0.05, 0.1) is 11.3 Å². The molecule has 96 valence electrons. The third-order valence-electron chi connectivity index (χ3n) is 2.89. The van der Waals surface area contributed by atoms with E-state index in [-0.39, 0.29) is 16.7 Å². The Kier molecular flexibility index (Phi) is 3.27. The summed E-state index contributed by atoms with van der Waals surface area (Å²) in [5.74, 6) is -1.81. The van der Waals surface area contributed by atoms with Crippen LogP contribution in [0.2, 0.25) is 0 Å². The number of para-hydroxylation sites is 1. The number of amides is 1. The Balaban J connectivity index is 2.46. The van der Waals surface area contributed by atoms with Gasteiger partial charge in [-0.25, -0.2) is 4.39 Å². The molecule has 0 bridgehead atoms. The van der Waals surface area contributed by atoms with Gasteiger partial charge in [0, 0.05) is 11.9 Å². The summed E-state index contributed by atoms with van der Waals surface area (Å²) in [4.78, 5) is 24.9. The van der Waals surface area contributed by atoms with Crippen LogP contribution in [-0.4, -0.2) is 23.6 Å². The van der Waals surface area contributed by atoms with Crippen molar-refractivity contribution >= 4 is 33.3 Å². The summed E-state index contributed by atoms with van der Waals surface area (Å²) >= 11 is 3.36. The maximum atomic E-state index is 13.8. The Morgan fingerprint density at radius 2 is 2.00 bits per heavy atom. The quantitative estimate of drug-likeness (QED) is 0.635. The van der Waals surface area contributed by atoms with Gasteiger partial charge in [0.1, 0.15) is 5.82 Å². The molecule has 1 aliphatic heterocycles. The molecule has 0 fully saturated rings. The van der Waals surface area contributed by atoms with E-state index in [1.165, 1.54) is 23.1 Å². The monoisotopic (exact) mass is 313 g/mol. The zero-order valence-electron chi connectivity index (χ0n) is 10.2. The van der Waals surface area contributed by atoms with E-state index in [2.05, 4.69) is 15.9 Å². The van der Waals surface area contributed by atoms with E-state index < -0.39 is 17.5 Å². The van der Waals surface area contributed by atoms with E-state index >= 15 is 0 Å². The highest BCUT2D eigenvalue weighted by molar-refractivity contribution is 9.09. The van der Waals surface area contributed by atoms with E-state index in [0.717, 1.165) is 0 Å². The molecule has 0 radical (unpaired) electrons. The fraction of sp³-hybridized carbons (Fsp3) is 0.385. The SMILES string of the molecule is CC(C)(CBr)CN1C(=O)C(=O)c2cccc(F)c21. The number of carbonyl (C=O) groups is 2. The number of ketones is 1. The minimum absolute atomic E-state index is 0.113. The van der Waals surface area contributed by atoms with Crippen LogP contribution >= 0.6 is 15.9 Å². The average Bonchev–Trinajstić information content (AvgIpc) is 2.56. The predicted octanol–water partition coefficient (Wildman–Crippen LogP) is 2.78. The van der Waals surface area contributed by atoms with Crippen molar-refractivity contribution in [3.8, 4) is 0 Å². The molecule has 0 saturated heterocycles. The number of alkyl halides is 1. The van der Waals surface area contributed by atoms with Gasteiger partial charge >= 0.3 is 0 Å². The molecule has 1 heterocycles. The Bertz CT molecular complexity index is 528. The molecule has 5 heteroatoms. The minimum atomic E-state index is -0.649. The van der Waals surface area contributed by atoms with Gasteiger partial charge in [0.15, 0.2) is 0 Å². The summed E-state index contributed by atoms with van der Waals surface area (Å²) in [5.41, 5.74) is 0.0340. The normalized spacial score (nSPS) is 15.2. The third kappa shape index (κ3) is 2.07. The van der Waals surface area contributed by atoms with Crippen LogP contribution in [0.5, 0.6) is 0 Å². The summed E-state index contributed by atoms with van der Waals surface area (Å²) in [6.07, 6.45) is 0. The molecule has 0 spiro atoms. The number of hydrogen-bond acceptors (Lipinski definition) is 2. The fourth-order valence-corrected chi connectivity index (χ4v) is 2.11. The van der Waals surface area contributed by atoms with Crippen molar-refractivity contribution in [2.75, 3.05) is 16.8 Å². The second-order valence-corrected chi connectivity index (χ2v) is 5.72. The van der Waals surface area contributed by atoms with Gasteiger partial charge in [0.25, 0.3) is 11.7 Å². The highest BCUT2D eigenvalue weighted by Gasteiger charge is 2.40. The summed E-state index contributed by atoms with van der Waals surface area (Å²) in [7, 11) is 0. The number of hydrogen-bond donors (Lipinski definition) is 0. The van der Waals surface area contributed by atoms with Crippen molar-refractivity contribution in [1.82, 2.24) is 0 Å². The maximum Gasteiger partial charge on any atom is 0.299 e. The Morgan fingerprint density at radius 3 is 2.61 bits per heavy atom. The Hall–Kier alpha value is -1.23. The molecule has 18 heavy (non-hydrogen) atoms. The molecule has 0 unspecified atom stereocenters. The first-order valence-corrected chi connectivity index (χ1v) is 6.70.